The second-order valence-corrected chi connectivity index (χ2v) is 8.46. The fourth-order valence-corrected chi connectivity index (χ4v) is 4.15. The summed E-state index contributed by atoms with van der Waals surface area (Å²) < 4.78 is 6.44. The highest BCUT2D eigenvalue weighted by atomic mass is 35.5. The largest absolute Gasteiger partial charge is 0.360 e. The van der Waals surface area contributed by atoms with Crippen molar-refractivity contribution in [1.82, 2.24) is 24.7 Å². The van der Waals surface area contributed by atoms with Crippen LogP contribution in [0.15, 0.2) is 69.1 Å². The number of hydrogen-bond donors (Lipinski definition) is 1. The van der Waals surface area contributed by atoms with E-state index in [1.165, 1.54) is 4.52 Å². The molecule has 164 valence electrons. The molecule has 3 aromatic heterocycles. The van der Waals surface area contributed by atoms with Crippen molar-refractivity contribution < 1.29 is 9.32 Å². The number of carbonyl (C=O) groups excluding carboxylic acids is 1. The van der Waals surface area contributed by atoms with Gasteiger partial charge in [-0.25, -0.2) is 4.98 Å². The average molecular weight is 479 g/mol. The molecule has 11 heteroatoms. The van der Waals surface area contributed by atoms with Gasteiger partial charge in [-0.1, -0.05) is 58.9 Å². The summed E-state index contributed by atoms with van der Waals surface area (Å²) in [6.45, 7) is 1.73. The van der Waals surface area contributed by atoms with Gasteiger partial charge in [0.15, 0.2) is 22.3 Å². The van der Waals surface area contributed by atoms with Crippen molar-refractivity contribution in [2.24, 2.45) is 0 Å². The maximum Gasteiger partial charge on any atom is 0.300 e. The second-order valence-electron chi connectivity index (χ2n) is 7.08. The maximum atomic E-state index is 12.8. The van der Waals surface area contributed by atoms with Gasteiger partial charge < -0.3 is 9.84 Å². The molecule has 0 radical (unpaired) electrons. The highest BCUT2D eigenvalue weighted by molar-refractivity contribution is 7.99. The zero-order valence-electron chi connectivity index (χ0n) is 17.2. The van der Waals surface area contributed by atoms with E-state index in [4.69, 9.17) is 16.1 Å². The summed E-state index contributed by atoms with van der Waals surface area (Å²) >= 11 is 7.33. The molecule has 0 saturated carbocycles. The molecule has 5 rings (SSSR count). The van der Waals surface area contributed by atoms with Crippen molar-refractivity contribution in [2.75, 3.05) is 11.1 Å². The van der Waals surface area contributed by atoms with Crippen LogP contribution in [-0.2, 0) is 4.79 Å². The molecule has 9 nitrogen and oxygen atoms in total. The smallest absolute Gasteiger partial charge is 0.300 e. The monoisotopic (exact) mass is 478 g/mol. The van der Waals surface area contributed by atoms with Gasteiger partial charge >= 0.3 is 0 Å². The number of hydrogen-bond acceptors (Lipinski definition) is 8. The van der Waals surface area contributed by atoms with Crippen LogP contribution in [0.5, 0.6) is 0 Å². The van der Waals surface area contributed by atoms with Gasteiger partial charge in [0.2, 0.25) is 5.91 Å². The Labute approximate surface area is 195 Å². The van der Waals surface area contributed by atoms with Crippen molar-refractivity contribution in [3.05, 3.63) is 75.7 Å². The zero-order chi connectivity index (χ0) is 22.9. The van der Waals surface area contributed by atoms with Crippen LogP contribution >= 0.6 is 23.4 Å². The third-order valence-electron chi connectivity index (χ3n) is 4.68. The summed E-state index contributed by atoms with van der Waals surface area (Å²) in [5.74, 6) is 0.656. The van der Waals surface area contributed by atoms with E-state index < -0.39 is 5.56 Å². The average Bonchev–Trinajstić information content (AvgIpc) is 3.22. The van der Waals surface area contributed by atoms with E-state index in [1.807, 2.05) is 18.2 Å². The minimum absolute atomic E-state index is 0.0293. The molecule has 33 heavy (non-hydrogen) atoms. The molecule has 2 aromatic carbocycles. The van der Waals surface area contributed by atoms with E-state index in [0.29, 0.717) is 43.9 Å². The van der Waals surface area contributed by atoms with Gasteiger partial charge in [0, 0.05) is 22.0 Å². The highest BCUT2D eigenvalue weighted by Crippen LogP contribution is 2.26. The van der Waals surface area contributed by atoms with Crippen molar-refractivity contribution in [2.45, 2.75) is 12.1 Å². The summed E-state index contributed by atoms with van der Waals surface area (Å²) in [7, 11) is 0. The minimum atomic E-state index is -0.469. The summed E-state index contributed by atoms with van der Waals surface area (Å²) in [6, 6.07) is 15.8. The standard InChI is InChI=1S/C22H15ClN6O3S/c1-12-9-17(28-32-12)25-18(30)11-33-22-24-16-8-7-14(23)10-15(16)20-26-21(31)19(27-29(20)22)13-5-3-2-4-6-13/h2-10H,11H2,1H3,(H,25,28,30). The van der Waals surface area contributed by atoms with E-state index >= 15 is 0 Å². The molecule has 1 amide bonds. The molecule has 0 spiro atoms. The van der Waals surface area contributed by atoms with Crippen LogP contribution in [0, 0.1) is 6.92 Å². The third kappa shape index (κ3) is 4.30. The molecule has 0 unspecified atom stereocenters. The molecule has 0 fully saturated rings. The molecule has 0 bridgehead atoms. The van der Waals surface area contributed by atoms with Crippen LogP contribution in [0.3, 0.4) is 0 Å². The Bertz CT molecular complexity index is 1570. The molecule has 3 heterocycles. The molecule has 0 aliphatic rings. The Morgan fingerprint density at radius 2 is 1.97 bits per heavy atom. The quantitative estimate of drug-likeness (QED) is 0.229. The van der Waals surface area contributed by atoms with Crippen LogP contribution in [-0.4, -0.2) is 36.4 Å². The first kappa shape index (κ1) is 21.1. The van der Waals surface area contributed by atoms with Gasteiger partial charge in [-0.05, 0) is 25.1 Å². The Hall–Kier alpha value is -3.76. The number of thioether (sulfide) groups is 1. The van der Waals surface area contributed by atoms with E-state index in [1.54, 1.807) is 43.3 Å². The Kier molecular flexibility index (Phi) is 5.53. The van der Waals surface area contributed by atoms with Crippen molar-refractivity contribution >= 4 is 51.6 Å². The van der Waals surface area contributed by atoms with Crippen LogP contribution in [0.2, 0.25) is 5.02 Å². The summed E-state index contributed by atoms with van der Waals surface area (Å²) in [5, 5.41) is 12.4. The molecule has 1 N–H and O–H groups in total. The number of anilines is 1. The predicted molar refractivity (Wildman–Crippen MR) is 126 cm³/mol. The maximum absolute atomic E-state index is 12.8. The molecular formula is C22H15ClN6O3S. The number of halogens is 1. The molecule has 0 aliphatic carbocycles. The predicted octanol–water partition coefficient (Wildman–Crippen LogP) is 3.99. The molecule has 0 aliphatic heterocycles. The topological polar surface area (TPSA) is 115 Å². The number of benzene rings is 2. The summed E-state index contributed by atoms with van der Waals surface area (Å²) in [5.41, 5.74) is 1.23. The van der Waals surface area contributed by atoms with Gasteiger partial charge in [-0.15, -0.1) is 0 Å². The zero-order valence-corrected chi connectivity index (χ0v) is 18.7. The van der Waals surface area contributed by atoms with Crippen LogP contribution < -0.4 is 10.9 Å². The molecular weight excluding hydrogens is 464 g/mol. The van der Waals surface area contributed by atoms with Gasteiger partial charge in [-0.2, -0.15) is 14.6 Å². The first-order chi connectivity index (χ1) is 16.0. The minimum Gasteiger partial charge on any atom is -0.360 e. The number of aryl methyl sites for hydroxylation is 1. The van der Waals surface area contributed by atoms with Gasteiger partial charge in [0.1, 0.15) is 5.76 Å². The number of nitrogens with zero attached hydrogens (tertiary/aromatic N) is 5. The number of nitrogens with one attached hydrogen (secondary N) is 1. The van der Waals surface area contributed by atoms with Crippen molar-refractivity contribution in [3.63, 3.8) is 0 Å². The number of rotatable bonds is 5. The Balaban J connectivity index is 1.59. The number of fused-ring (bicyclic) bond motifs is 3. The lowest BCUT2D eigenvalue weighted by Crippen LogP contribution is -2.19. The number of carbonyl (C=O) groups is 1. The van der Waals surface area contributed by atoms with E-state index in [-0.39, 0.29) is 17.4 Å². The van der Waals surface area contributed by atoms with Crippen molar-refractivity contribution in [1.29, 1.82) is 0 Å². The van der Waals surface area contributed by atoms with Crippen LogP contribution in [0.4, 0.5) is 5.82 Å². The second kappa shape index (κ2) is 8.64. The fourth-order valence-electron chi connectivity index (χ4n) is 3.23. The van der Waals surface area contributed by atoms with Crippen LogP contribution in [0.1, 0.15) is 5.76 Å². The molecule has 0 saturated heterocycles. The first-order valence-electron chi connectivity index (χ1n) is 9.80. The summed E-state index contributed by atoms with van der Waals surface area (Å²) in [4.78, 5) is 34.2. The molecule has 5 aromatic rings. The Morgan fingerprint density at radius 1 is 1.15 bits per heavy atom. The normalized spacial score (nSPS) is 11.2. The lowest BCUT2D eigenvalue weighted by atomic mass is 10.2. The van der Waals surface area contributed by atoms with Gasteiger partial charge in [0.05, 0.1) is 11.3 Å². The van der Waals surface area contributed by atoms with E-state index in [9.17, 15) is 9.59 Å². The highest BCUT2D eigenvalue weighted by Gasteiger charge is 2.17. The Morgan fingerprint density at radius 3 is 2.73 bits per heavy atom. The van der Waals surface area contributed by atoms with E-state index in [0.717, 1.165) is 11.8 Å². The lowest BCUT2D eigenvalue weighted by Gasteiger charge is -2.11. The SMILES string of the molecule is Cc1cc(NC(=O)CSc2nc3ccc(Cl)cc3c3nc(=O)c(-c4ccccc4)nn23)no1. The van der Waals surface area contributed by atoms with Gasteiger partial charge in [0.25, 0.3) is 5.56 Å². The third-order valence-corrected chi connectivity index (χ3v) is 5.85. The van der Waals surface area contributed by atoms with Crippen molar-refractivity contribution in [3.8, 4) is 11.3 Å². The van der Waals surface area contributed by atoms with Gasteiger partial charge in [-0.3, -0.25) is 9.59 Å². The number of aromatic nitrogens is 5. The van der Waals surface area contributed by atoms with E-state index in [2.05, 4.69) is 25.5 Å². The molecule has 0 atom stereocenters. The first-order valence-corrected chi connectivity index (χ1v) is 11.2. The van der Waals surface area contributed by atoms with Crippen LogP contribution in [0.25, 0.3) is 27.8 Å². The summed E-state index contributed by atoms with van der Waals surface area (Å²) in [6.07, 6.45) is 0. The number of amides is 1. The lowest BCUT2D eigenvalue weighted by molar-refractivity contribution is -0.113. The fraction of sp³-hybridized carbons (Fsp3) is 0.0909.